The number of halogens is 1. The average molecular weight is 338 g/mol. The minimum atomic E-state index is -0.707. The first-order chi connectivity index (χ1) is 12.0. The summed E-state index contributed by atoms with van der Waals surface area (Å²) < 4.78 is 13.7. The number of hydrogen-bond donors (Lipinski definition) is 3. The number of benzene rings is 2. The first-order valence-corrected chi connectivity index (χ1v) is 7.41. The third-order valence-electron chi connectivity index (χ3n) is 3.70. The van der Waals surface area contributed by atoms with Crippen molar-refractivity contribution in [3.8, 4) is 22.5 Å². The van der Waals surface area contributed by atoms with Gasteiger partial charge in [0.15, 0.2) is 5.82 Å². The predicted molar refractivity (Wildman–Crippen MR) is 91.9 cm³/mol. The molecule has 3 rings (SSSR count). The molecule has 126 valence electrons. The number of nitrogens with two attached hydrogens (primary N) is 1. The first-order valence-electron chi connectivity index (χ1n) is 7.41. The molecule has 2 aromatic carbocycles. The highest BCUT2D eigenvalue weighted by Gasteiger charge is 2.13. The number of aliphatic hydroxyl groups excluding tert-OH is 1. The molecule has 0 unspecified atom stereocenters. The van der Waals surface area contributed by atoms with Crippen LogP contribution in [0.4, 0.5) is 4.39 Å². The van der Waals surface area contributed by atoms with Crippen LogP contribution in [0.5, 0.6) is 0 Å². The van der Waals surface area contributed by atoms with Crippen LogP contribution in [0.1, 0.15) is 16.2 Å². The van der Waals surface area contributed by atoms with E-state index in [9.17, 15) is 14.3 Å². The third-order valence-corrected chi connectivity index (χ3v) is 3.70. The number of nitrogens with one attached hydrogen (secondary N) is 1. The number of H-pyrrole nitrogens is 1. The Bertz CT molecular complexity index is 965. The van der Waals surface area contributed by atoms with Gasteiger partial charge in [0, 0.05) is 5.56 Å². The molecule has 0 aliphatic carbocycles. The molecule has 0 bridgehead atoms. The lowest BCUT2D eigenvalue weighted by Crippen LogP contribution is -2.12. The molecule has 0 aliphatic rings. The maximum Gasteiger partial charge on any atom is 0.286 e. The number of aromatic amines is 1. The van der Waals surface area contributed by atoms with E-state index in [4.69, 9.17) is 5.73 Å². The van der Waals surface area contributed by atoms with E-state index in [1.165, 1.54) is 12.1 Å². The Hall–Kier alpha value is -3.32. The summed E-state index contributed by atoms with van der Waals surface area (Å²) in [5, 5.41) is 15.8. The SMILES string of the molecule is C=C(CO)c1ccc(F)cc1-c1cccc(-c2n[nH]c(C(N)=O)n2)c1. The Labute approximate surface area is 142 Å². The standard InChI is InChI=1S/C18H15FN4O2/c1-10(9-24)14-6-5-13(19)8-15(14)11-3-2-4-12(7-11)17-21-18(16(20)25)23-22-17/h2-8,24H,1,9H2,(H2,20,25)(H,21,22,23). The predicted octanol–water partition coefficient (Wildman–Crippen LogP) is 2.38. The van der Waals surface area contributed by atoms with Crippen molar-refractivity contribution in [1.29, 1.82) is 0 Å². The second-order valence-electron chi connectivity index (χ2n) is 5.40. The van der Waals surface area contributed by atoms with Gasteiger partial charge in [0.1, 0.15) is 5.82 Å². The minimum absolute atomic E-state index is 0.0412. The van der Waals surface area contributed by atoms with E-state index in [1.807, 2.05) is 0 Å². The van der Waals surface area contributed by atoms with E-state index < -0.39 is 11.7 Å². The van der Waals surface area contributed by atoms with Gasteiger partial charge >= 0.3 is 0 Å². The Morgan fingerprint density at radius 1 is 1.24 bits per heavy atom. The van der Waals surface area contributed by atoms with Crippen LogP contribution in [0.25, 0.3) is 28.1 Å². The smallest absolute Gasteiger partial charge is 0.286 e. The highest BCUT2D eigenvalue weighted by atomic mass is 19.1. The number of nitrogens with zero attached hydrogens (tertiary/aromatic N) is 2. The van der Waals surface area contributed by atoms with Gasteiger partial charge in [0.25, 0.3) is 5.91 Å². The zero-order valence-corrected chi connectivity index (χ0v) is 13.2. The lowest BCUT2D eigenvalue weighted by Gasteiger charge is -2.12. The molecule has 25 heavy (non-hydrogen) atoms. The molecule has 0 saturated carbocycles. The topological polar surface area (TPSA) is 105 Å². The van der Waals surface area contributed by atoms with E-state index >= 15 is 0 Å². The number of aromatic nitrogens is 3. The number of primary amides is 1. The first kappa shape index (κ1) is 16.5. The number of aliphatic hydroxyl groups is 1. The molecule has 0 spiro atoms. The van der Waals surface area contributed by atoms with Crippen molar-refractivity contribution < 1.29 is 14.3 Å². The van der Waals surface area contributed by atoms with Crippen LogP contribution in [0.2, 0.25) is 0 Å². The molecule has 4 N–H and O–H groups in total. The van der Waals surface area contributed by atoms with Crippen molar-refractivity contribution in [3.63, 3.8) is 0 Å². The minimum Gasteiger partial charge on any atom is -0.392 e. The Kier molecular flexibility index (Phi) is 4.40. The molecule has 1 aromatic heterocycles. The fourth-order valence-corrected chi connectivity index (χ4v) is 2.48. The summed E-state index contributed by atoms with van der Waals surface area (Å²) in [5.74, 6) is -0.847. The number of rotatable bonds is 5. The molecule has 1 heterocycles. The summed E-state index contributed by atoms with van der Waals surface area (Å²) in [6, 6.07) is 11.4. The van der Waals surface area contributed by atoms with Gasteiger partial charge in [-0.15, -0.1) is 0 Å². The van der Waals surface area contributed by atoms with Crippen LogP contribution in [0.15, 0.2) is 49.0 Å². The van der Waals surface area contributed by atoms with Crippen molar-refractivity contribution in [2.75, 3.05) is 6.61 Å². The largest absolute Gasteiger partial charge is 0.392 e. The molecule has 1 amide bonds. The molecule has 0 radical (unpaired) electrons. The van der Waals surface area contributed by atoms with Gasteiger partial charge < -0.3 is 10.8 Å². The van der Waals surface area contributed by atoms with Crippen molar-refractivity contribution in [3.05, 3.63) is 66.2 Å². The molecular formula is C18H15FN4O2. The number of carbonyl (C=O) groups is 1. The van der Waals surface area contributed by atoms with Crippen LogP contribution in [-0.4, -0.2) is 32.8 Å². The van der Waals surface area contributed by atoms with E-state index in [2.05, 4.69) is 21.8 Å². The van der Waals surface area contributed by atoms with Crippen molar-refractivity contribution in [2.24, 2.45) is 5.73 Å². The van der Waals surface area contributed by atoms with E-state index in [0.717, 1.165) is 0 Å². The van der Waals surface area contributed by atoms with Gasteiger partial charge in [0.05, 0.1) is 6.61 Å². The molecular weight excluding hydrogens is 323 g/mol. The number of amides is 1. The lowest BCUT2D eigenvalue weighted by atomic mass is 9.94. The van der Waals surface area contributed by atoms with Crippen LogP contribution >= 0.6 is 0 Å². The Balaban J connectivity index is 2.09. The Morgan fingerprint density at radius 3 is 2.68 bits per heavy atom. The van der Waals surface area contributed by atoms with Crippen molar-refractivity contribution >= 4 is 11.5 Å². The summed E-state index contributed by atoms with van der Waals surface area (Å²) in [7, 11) is 0. The maximum absolute atomic E-state index is 13.7. The van der Waals surface area contributed by atoms with Crippen LogP contribution < -0.4 is 5.73 Å². The summed E-state index contributed by atoms with van der Waals surface area (Å²) in [6.45, 7) is 3.57. The monoisotopic (exact) mass is 338 g/mol. The average Bonchev–Trinajstić information content (AvgIpc) is 3.11. The van der Waals surface area contributed by atoms with Gasteiger partial charge in [-0.1, -0.05) is 30.8 Å². The van der Waals surface area contributed by atoms with Crippen LogP contribution in [-0.2, 0) is 0 Å². The van der Waals surface area contributed by atoms with Crippen molar-refractivity contribution in [1.82, 2.24) is 15.2 Å². The summed E-state index contributed by atoms with van der Waals surface area (Å²) >= 11 is 0. The highest BCUT2D eigenvalue weighted by molar-refractivity contribution is 5.89. The van der Waals surface area contributed by atoms with Crippen LogP contribution in [0.3, 0.4) is 0 Å². The van der Waals surface area contributed by atoms with E-state index in [0.29, 0.717) is 33.7 Å². The van der Waals surface area contributed by atoms with Crippen molar-refractivity contribution in [2.45, 2.75) is 0 Å². The molecule has 6 nitrogen and oxygen atoms in total. The highest BCUT2D eigenvalue weighted by Crippen LogP contribution is 2.31. The molecule has 7 heteroatoms. The van der Waals surface area contributed by atoms with Gasteiger partial charge in [-0.2, -0.15) is 5.10 Å². The third kappa shape index (κ3) is 3.31. The van der Waals surface area contributed by atoms with Crippen LogP contribution in [0, 0.1) is 5.82 Å². The molecule has 0 aliphatic heterocycles. The van der Waals surface area contributed by atoms with Gasteiger partial charge in [-0.25, -0.2) is 9.37 Å². The summed E-state index contributed by atoms with van der Waals surface area (Å²) in [4.78, 5) is 15.2. The number of carbonyl (C=O) groups excluding carboxylic acids is 1. The van der Waals surface area contributed by atoms with Gasteiger partial charge in [0.2, 0.25) is 5.82 Å². The summed E-state index contributed by atoms with van der Waals surface area (Å²) in [6.07, 6.45) is 0. The maximum atomic E-state index is 13.7. The zero-order chi connectivity index (χ0) is 18.0. The lowest BCUT2D eigenvalue weighted by molar-refractivity contribution is 0.0991. The van der Waals surface area contributed by atoms with E-state index in [1.54, 1.807) is 30.3 Å². The second kappa shape index (κ2) is 6.66. The fraction of sp³-hybridized carbons (Fsp3) is 0.0556. The fourth-order valence-electron chi connectivity index (χ4n) is 2.48. The Morgan fingerprint density at radius 2 is 2.00 bits per heavy atom. The quantitative estimate of drug-likeness (QED) is 0.664. The molecule has 3 aromatic rings. The molecule has 0 atom stereocenters. The zero-order valence-electron chi connectivity index (χ0n) is 13.2. The summed E-state index contributed by atoms with van der Waals surface area (Å²) in [5.41, 5.74) is 8.21. The van der Waals surface area contributed by atoms with Gasteiger partial charge in [-0.05, 0) is 40.5 Å². The molecule has 0 saturated heterocycles. The van der Waals surface area contributed by atoms with E-state index in [-0.39, 0.29) is 12.4 Å². The number of hydrogen-bond acceptors (Lipinski definition) is 4. The normalized spacial score (nSPS) is 10.6. The van der Waals surface area contributed by atoms with Gasteiger partial charge in [-0.3, -0.25) is 9.89 Å². The second-order valence-corrected chi connectivity index (χ2v) is 5.40. The molecule has 0 fully saturated rings.